The van der Waals surface area contributed by atoms with Crippen LogP contribution in [0.4, 0.5) is 0 Å². The summed E-state index contributed by atoms with van der Waals surface area (Å²) >= 11 is 0. The van der Waals surface area contributed by atoms with Crippen molar-refractivity contribution < 1.29 is 24.9 Å². The number of carbonyl (C=O) groups excluding carboxylic acids is 1. The predicted molar refractivity (Wildman–Crippen MR) is 74.6 cm³/mol. The Balaban J connectivity index is 2.77. The topological polar surface area (TPSA) is 87.0 Å². The van der Waals surface area contributed by atoms with Gasteiger partial charge in [0.1, 0.15) is 5.78 Å². The second kappa shape index (κ2) is 7.87. The summed E-state index contributed by atoms with van der Waals surface area (Å²) in [5.41, 5.74) is 0.874. The lowest BCUT2D eigenvalue weighted by atomic mass is 9.91. The van der Waals surface area contributed by atoms with Gasteiger partial charge in [-0.15, -0.1) is 0 Å². The van der Waals surface area contributed by atoms with Gasteiger partial charge in [0.05, 0.1) is 6.61 Å². The Labute approximate surface area is 118 Å². The number of aliphatic hydroxyl groups is 2. The van der Waals surface area contributed by atoms with Crippen LogP contribution in [0.5, 0.6) is 11.5 Å². The SMILES string of the molecule is CCOc1cc(CC(CCC(O)O)C(C)=O)ccc1O. The molecule has 5 heteroatoms. The van der Waals surface area contributed by atoms with Gasteiger partial charge in [-0.05, 0) is 50.8 Å². The highest BCUT2D eigenvalue weighted by molar-refractivity contribution is 5.78. The molecule has 1 unspecified atom stereocenters. The molecule has 1 atom stereocenters. The average Bonchev–Trinajstić information content (AvgIpc) is 2.37. The van der Waals surface area contributed by atoms with E-state index in [1.807, 2.05) is 6.92 Å². The van der Waals surface area contributed by atoms with E-state index in [0.29, 0.717) is 25.2 Å². The van der Waals surface area contributed by atoms with Crippen molar-refractivity contribution in [1.82, 2.24) is 0 Å². The largest absolute Gasteiger partial charge is 0.504 e. The molecule has 1 aromatic carbocycles. The molecular formula is C15H22O5. The molecule has 0 heterocycles. The molecule has 0 saturated heterocycles. The Bertz CT molecular complexity index is 442. The number of ether oxygens (including phenoxy) is 1. The summed E-state index contributed by atoms with van der Waals surface area (Å²) in [5.74, 6) is 0.211. The van der Waals surface area contributed by atoms with Crippen LogP contribution < -0.4 is 4.74 Å². The number of phenols is 1. The Morgan fingerprint density at radius 1 is 1.30 bits per heavy atom. The lowest BCUT2D eigenvalue weighted by Crippen LogP contribution is -2.17. The fourth-order valence-electron chi connectivity index (χ4n) is 2.04. The highest BCUT2D eigenvalue weighted by Gasteiger charge is 2.17. The molecule has 0 aliphatic carbocycles. The maximum absolute atomic E-state index is 11.6. The minimum Gasteiger partial charge on any atom is -0.504 e. The Morgan fingerprint density at radius 3 is 2.55 bits per heavy atom. The molecule has 0 spiro atoms. The molecule has 3 N–H and O–H groups in total. The first kappa shape index (κ1) is 16.5. The summed E-state index contributed by atoms with van der Waals surface area (Å²) in [6, 6.07) is 4.99. The molecule has 0 aliphatic rings. The maximum atomic E-state index is 11.6. The van der Waals surface area contributed by atoms with E-state index >= 15 is 0 Å². The van der Waals surface area contributed by atoms with Gasteiger partial charge >= 0.3 is 0 Å². The minimum absolute atomic E-state index is 0.0108. The Kier molecular flexibility index (Phi) is 6.48. The van der Waals surface area contributed by atoms with Crippen LogP contribution in [0.25, 0.3) is 0 Å². The van der Waals surface area contributed by atoms with Crippen LogP contribution in [-0.4, -0.2) is 34.0 Å². The van der Waals surface area contributed by atoms with Crippen LogP contribution in [-0.2, 0) is 11.2 Å². The Morgan fingerprint density at radius 2 is 2.00 bits per heavy atom. The number of ketones is 1. The van der Waals surface area contributed by atoms with Gasteiger partial charge in [-0.3, -0.25) is 4.79 Å². The third-order valence-corrected chi connectivity index (χ3v) is 3.15. The quantitative estimate of drug-likeness (QED) is 0.631. The predicted octanol–water partition coefficient (Wildman–Crippen LogP) is 1.63. The number of aliphatic hydroxyl groups excluding tert-OH is 1. The molecule has 20 heavy (non-hydrogen) atoms. The zero-order valence-corrected chi connectivity index (χ0v) is 11.9. The van der Waals surface area contributed by atoms with Gasteiger partial charge in [0.25, 0.3) is 0 Å². The van der Waals surface area contributed by atoms with Crippen molar-refractivity contribution in [3.8, 4) is 11.5 Å². The van der Waals surface area contributed by atoms with Crippen LogP contribution in [0.15, 0.2) is 18.2 Å². The van der Waals surface area contributed by atoms with Gasteiger partial charge in [0, 0.05) is 5.92 Å². The van der Waals surface area contributed by atoms with E-state index in [4.69, 9.17) is 14.9 Å². The number of Topliss-reactive ketones (excluding diaryl/α,β-unsaturated/α-hetero) is 1. The summed E-state index contributed by atoms with van der Waals surface area (Å²) in [5, 5.41) is 27.4. The highest BCUT2D eigenvalue weighted by atomic mass is 16.5. The molecule has 112 valence electrons. The minimum atomic E-state index is -1.39. The van der Waals surface area contributed by atoms with Crippen molar-refractivity contribution in [3.63, 3.8) is 0 Å². The van der Waals surface area contributed by atoms with Crippen molar-refractivity contribution >= 4 is 5.78 Å². The lowest BCUT2D eigenvalue weighted by molar-refractivity contribution is -0.121. The van der Waals surface area contributed by atoms with E-state index in [1.54, 1.807) is 18.2 Å². The maximum Gasteiger partial charge on any atom is 0.161 e. The molecule has 5 nitrogen and oxygen atoms in total. The van der Waals surface area contributed by atoms with Crippen LogP contribution >= 0.6 is 0 Å². The van der Waals surface area contributed by atoms with Crippen molar-refractivity contribution in [2.24, 2.45) is 5.92 Å². The first-order chi connectivity index (χ1) is 9.43. The van der Waals surface area contributed by atoms with Crippen LogP contribution in [0.2, 0.25) is 0 Å². The second-order valence-electron chi connectivity index (χ2n) is 4.80. The van der Waals surface area contributed by atoms with Crippen LogP contribution in [0.1, 0.15) is 32.3 Å². The van der Waals surface area contributed by atoms with E-state index in [0.717, 1.165) is 5.56 Å². The molecule has 0 amide bonds. The third-order valence-electron chi connectivity index (χ3n) is 3.15. The van der Waals surface area contributed by atoms with Crippen molar-refractivity contribution in [2.45, 2.75) is 39.4 Å². The summed E-state index contributed by atoms with van der Waals surface area (Å²) in [7, 11) is 0. The highest BCUT2D eigenvalue weighted by Crippen LogP contribution is 2.28. The molecule has 1 rings (SSSR count). The van der Waals surface area contributed by atoms with Crippen molar-refractivity contribution in [3.05, 3.63) is 23.8 Å². The van der Waals surface area contributed by atoms with Crippen molar-refractivity contribution in [1.29, 1.82) is 0 Å². The normalized spacial score (nSPS) is 12.4. The fourth-order valence-corrected chi connectivity index (χ4v) is 2.04. The van der Waals surface area contributed by atoms with E-state index in [-0.39, 0.29) is 23.9 Å². The first-order valence-electron chi connectivity index (χ1n) is 6.75. The van der Waals surface area contributed by atoms with E-state index in [9.17, 15) is 9.90 Å². The number of carbonyl (C=O) groups is 1. The monoisotopic (exact) mass is 282 g/mol. The van der Waals surface area contributed by atoms with Gasteiger partial charge in [0.15, 0.2) is 17.8 Å². The van der Waals surface area contributed by atoms with Crippen LogP contribution in [0.3, 0.4) is 0 Å². The van der Waals surface area contributed by atoms with Gasteiger partial charge in [-0.1, -0.05) is 6.07 Å². The van der Waals surface area contributed by atoms with E-state index < -0.39 is 6.29 Å². The molecular weight excluding hydrogens is 260 g/mol. The summed E-state index contributed by atoms with van der Waals surface area (Å²) in [6.07, 6.45) is -0.323. The number of aromatic hydroxyl groups is 1. The van der Waals surface area contributed by atoms with Gasteiger partial charge < -0.3 is 20.1 Å². The van der Waals surface area contributed by atoms with Gasteiger partial charge in [0.2, 0.25) is 0 Å². The van der Waals surface area contributed by atoms with Gasteiger partial charge in [-0.25, -0.2) is 0 Å². The molecule has 1 aromatic rings. The number of hydrogen-bond donors (Lipinski definition) is 3. The molecule has 0 aromatic heterocycles. The number of phenolic OH excluding ortho intramolecular Hbond substituents is 1. The van der Waals surface area contributed by atoms with Gasteiger partial charge in [-0.2, -0.15) is 0 Å². The fraction of sp³-hybridized carbons (Fsp3) is 0.533. The Hall–Kier alpha value is -1.59. The summed E-state index contributed by atoms with van der Waals surface area (Å²) < 4.78 is 5.30. The second-order valence-corrected chi connectivity index (χ2v) is 4.80. The van der Waals surface area contributed by atoms with Crippen LogP contribution in [0, 0.1) is 5.92 Å². The number of hydrogen-bond acceptors (Lipinski definition) is 5. The van der Waals surface area contributed by atoms with E-state index in [1.165, 1.54) is 6.92 Å². The zero-order valence-electron chi connectivity index (χ0n) is 11.9. The third kappa shape index (κ3) is 5.19. The van der Waals surface area contributed by atoms with Crippen molar-refractivity contribution in [2.75, 3.05) is 6.61 Å². The molecule has 0 fully saturated rings. The molecule has 0 bridgehead atoms. The standard InChI is InChI=1S/C15H22O5/c1-3-20-14-9-11(4-6-13(14)17)8-12(10(2)16)5-7-15(18)19/h4,6,9,12,15,17-19H,3,5,7-8H2,1-2H3. The lowest BCUT2D eigenvalue weighted by Gasteiger charge is -2.15. The molecule has 0 aliphatic heterocycles. The number of benzene rings is 1. The zero-order chi connectivity index (χ0) is 15.1. The first-order valence-corrected chi connectivity index (χ1v) is 6.75. The average molecular weight is 282 g/mol. The molecule has 0 saturated carbocycles. The number of rotatable bonds is 8. The summed E-state index contributed by atoms with van der Waals surface area (Å²) in [6.45, 7) is 3.77. The smallest absolute Gasteiger partial charge is 0.161 e. The van der Waals surface area contributed by atoms with E-state index in [2.05, 4.69) is 0 Å². The molecule has 0 radical (unpaired) electrons. The summed E-state index contributed by atoms with van der Waals surface area (Å²) in [4.78, 5) is 11.6.